The summed E-state index contributed by atoms with van der Waals surface area (Å²) in [4.78, 5) is 4.66. The van der Waals surface area contributed by atoms with Crippen LogP contribution in [0.2, 0.25) is 0 Å². The molecule has 3 rings (SSSR count). The van der Waals surface area contributed by atoms with Crippen LogP contribution in [0.4, 0.5) is 0 Å². The first-order chi connectivity index (χ1) is 11.9. The highest BCUT2D eigenvalue weighted by Gasteiger charge is 2.27. The summed E-state index contributed by atoms with van der Waals surface area (Å²) in [5, 5.41) is 6.83. The van der Waals surface area contributed by atoms with E-state index in [2.05, 4.69) is 53.7 Å². The Morgan fingerprint density at radius 2 is 2.04 bits per heavy atom. The van der Waals surface area contributed by atoms with Crippen molar-refractivity contribution < 1.29 is 8.42 Å². The van der Waals surface area contributed by atoms with Crippen molar-refractivity contribution in [2.75, 3.05) is 24.6 Å². The predicted octanol–water partition coefficient (Wildman–Crippen LogP) is 2.71. The Hall–Kier alpha value is -0.830. The third-order valence-electron chi connectivity index (χ3n) is 5.03. The minimum Gasteiger partial charge on any atom is -0.356 e. The van der Waals surface area contributed by atoms with Crippen molar-refractivity contribution in [1.29, 1.82) is 0 Å². The summed E-state index contributed by atoms with van der Waals surface area (Å²) in [5.74, 6) is 2.06. The molecule has 5 nitrogen and oxygen atoms in total. The van der Waals surface area contributed by atoms with Gasteiger partial charge in [-0.3, -0.25) is 4.99 Å². The third-order valence-corrected chi connectivity index (χ3v) is 6.87. The Bertz CT molecular complexity index is 734. The average Bonchev–Trinajstić information content (AvgIpc) is 3.12. The topological polar surface area (TPSA) is 70.6 Å². The van der Waals surface area contributed by atoms with Gasteiger partial charge in [0.25, 0.3) is 0 Å². The zero-order valence-corrected chi connectivity index (χ0v) is 18.7. The molecule has 0 saturated carbocycles. The van der Waals surface area contributed by atoms with Gasteiger partial charge >= 0.3 is 0 Å². The van der Waals surface area contributed by atoms with Crippen LogP contribution < -0.4 is 10.6 Å². The number of benzene rings is 1. The number of halogens is 1. The van der Waals surface area contributed by atoms with Gasteiger partial charge in [-0.15, -0.1) is 24.0 Å². The van der Waals surface area contributed by atoms with Gasteiger partial charge in [-0.05, 0) is 50.2 Å². The Morgan fingerprint density at radius 3 is 2.73 bits per heavy atom. The fourth-order valence-corrected chi connectivity index (χ4v) is 5.59. The van der Waals surface area contributed by atoms with Crippen molar-refractivity contribution in [3.05, 3.63) is 35.4 Å². The van der Waals surface area contributed by atoms with Crippen LogP contribution in [0.25, 0.3) is 0 Å². The first kappa shape index (κ1) is 21.5. The number of guanidine groups is 1. The normalized spacial score (nSPS) is 24.2. The number of aryl methyl sites for hydroxylation is 1. The average molecular weight is 491 g/mol. The van der Waals surface area contributed by atoms with E-state index in [1.165, 1.54) is 17.5 Å². The lowest BCUT2D eigenvalue weighted by Gasteiger charge is -2.19. The van der Waals surface area contributed by atoms with Gasteiger partial charge in [-0.1, -0.05) is 24.3 Å². The predicted molar refractivity (Wildman–Crippen MR) is 118 cm³/mol. The maximum atomic E-state index is 11.6. The monoisotopic (exact) mass is 491 g/mol. The van der Waals surface area contributed by atoms with E-state index >= 15 is 0 Å². The Kier molecular flexibility index (Phi) is 7.76. The molecular weight excluding hydrogens is 461 g/mol. The van der Waals surface area contributed by atoms with Crippen LogP contribution in [0.5, 0.6) is 0 Å². The lowest BCUT2D eigenvalue weighted by Crippen LogP contribution is -2.42. The SMILES string of the molecule is CC(C)NC(=NCC1CCS(=O)(=O)C1)NCC1CCc2ccccc21.I. The van der Waals surface area contributed by atoms with Crippen molar-refractivity contribution in [2.45, 2.75) is 45.1 Å². The zero-order chi connectivity index (χ0) is 17.9. The first-order valence-corrected chi connectivity index (χ1v) is 11.1. The van der Waals surface area contributed by atoms with Crippen LogP contribution in [-0.2, 0) is 16.3 Å². The van der Waals surface area contributed by atoms with E-state index < -0.39 is 9.84 Å². The van der Waals surface area contributed by atoms with Gasteiger partial charge in [0.15, 0.2) is 15.8 Å². The number of nitrogens with zero attached hydrogens (tertiary/aromatic N) is 1. The van der Waals surface area contributed by atoms with Gasteiger partial charge in [-0.25, -0.2) is 8.42 Å². The largest absolute Gasteiger partial charge is 0.356 e. The summed E-state index contributed by atoms with van der Waals surface area (Å²) in [6, 6.07) is 8.95. The maximum absolute atomic E-state index is 11.6. The minimum absolute atomic E-state index is 0. The number of nitrogens with one attached hydrogen (secondary N) is 2. The van der Waals surface area contributed by atoms with Crippen LogP contribution in [0.1, 0.15) is 43.7 Å². The second-order valence-electron chi connectivity index (χ2n) is 7.57. The molecule has 26 heavy (non-hydrogen) atoms. The molecule has 1 aromatic carbocycles. The maximum Gasteiger partial charge on any atom is 0.191 e. The summed E-state index contributed by atoms with van der Waals surface area (Å²) in [6.45, 7) is 5.60. The molecule has 0 bridgehead atoms. The quantitative estimate of drug-likeness (QED) is 0.378. The number of aliphatic imine (C=N–C) groups is 1. The van der Waals surface area contributed by atoms with Gasteiger partial charge < -0.3 is 10.6 Å². The third kappa shape index (κ3) is 5.84. The Labute approximate surface area is 174 Å². The van der Waals surface area contributed by atoms with E-state index in [4.69, 9.17) is 0 Å². The summed E-state index contributed by atoms with van der Waals surface area (Å²) in [7, 11) is -2.84. The number of sulfone groups is 1. The van der Waals surface area contributed by atoms with E-state index in [0.29, 0.717) is 18.2 Å². The van der Waals surface area contributed by atoms with E-state index in [9.17, 15) is 8.42 Å². The van der Waals surface area contributed by atoms with Crippen molar-refractivity contribution in [2.24, 2.45) is 10.9 Å². The van der Waals surface area contributed by atoms with Crippen LogP contribution in [0, 0.1) is 5.92 Å². The second kappa shape index (κ2) is 9.39. The van der Waals surface area contributed by atoms with Gasteiger partial charge in [0, 0.05) is 25.0 Å². The molecule has 1 aliphatic carbocycles. The van der Waals surface area contributed by atoms with Gasteiger partial charge in [-0.2, -0.15) is 0 Å². The highest BCUT2D eigenvalue weighted by atomic mass is 127. The van der Waals surface area contributed by atoms with E-state index in [1.807, 2.05) is 0 Å². The standard InChI is InChI=1S/C19H29N3O2S.HI/c1-14(2)22-19(20-11-15-9-10-25(23,24)13-15)21-12-17-8-7-16-5-3-4-6-18(16)17;/h3-6,14-15,17H,7-13H2,1-2H3,(H2,20,21,22);1H. The minimum atomic E-state index is -2.84. The molecule has 1 aromatic rings. The van der Waals surface area contributed by atoms with Crippen molar-refractivity contribution in [3.63, 3.8) is 0 Å². The van der Waals surface area contributed by atoms with Crippen LogP contribution in [0.3, 0.4) is 0 Å². The first-order valence-electron chi connectivity index (χ1n) is 9.26. The van der Waals surface area contributed by atoms with E-state index in [-0.39, 0.29) is 41.7 Å². The van der Waals surface area contributed by atoms with Crippen molar-refractivity contribution in [3.8, 4) is 0 Å². The van der Waals surface area contributed by atoms with E-state index in [1.54, 1.807) is 0 Å². The molecule has 0 radical (unpaired) electrons. The van der Waals surface area contributed by atoms with Gasteiger partial charge in [0.2, 0.25) is 0 Å². The van der Waals surface area contributed by atoms with Crippen LogP contribution in [-0.4, -0.2) is 45.0 Å². The van der Waals surface area contributed by atoms with Crippen LogP contribution in [0.15, 0.2) is 29.3 Å². The molecule has 1 aliphatic heterocycles. The van der Waals surface area contributed by atoms with Crippen LogP contribution >= 0.6 is 24.0 Å². The molecule has 2 aliphatic rings. The molecule has 1 saturated heterocycles. The summed E-state index contributed by atoms with van der Waals surface area (Å²) in [5.41, 5.74) is 2.90. The number of hydrogen-bond acceptors (Lipinski definition) is 3. The molecule has 2 atom stereocenters. The Morgan fingerprint density at radius 1 is 1.27 bits per heavy atom. The molecule has 1 heterocycles. The zero-order valence-electron chi connectivity index (χ0n) is 15.6. The molecule has 146 valence electrons. The molecule has 7 heteroatoms. The molecule has 0 amide bonds. The summed E-state index contributed by atoms with van der Waals surface area (Å²) >= 11 is 0. The summed E-state index contributed by atoms with van der Waals surface area (Å²) < 4.78 is 23.2. The van der Waals surface area contributed by atoms with Gasteiger partial charge in [0.1, 0.15) is 0 Å². The van der Waals surface area contributed by atoms with Gasteiger partial charge in [0.05, 0.1) is 11.5 Å². The highest BCUT2D eigenvalue weighted by Crippen LogP contribution is 2.32. The van der Waals surface area contributed by atoms with E-state index in [0.717, 1.165) is 25.3 Å². The molecular formula is C19H30IN3O2S. The molecule has 0 aromatic heterocycles. The number of fused-ring (bicyclic) bond motifs is 1. The van der Waals surface area contributed by atoms with Crippen molar-refractivity contribution >= 4 is 39.8 Å². The molecule has 0 spiro atoms. The molecule has 1 fully saturated rings. The lowest BCUT2D eigenvalue weighted by molar-refractivity contribution is 0.584. The molecule has 2 N–H and O–H groups in total. The smallest absolute Gasteiger partial charge is 0.191 e. The fraction of sp³-hybridized carbons (Fsp3) is 0.632. The highest BCUT2D eigenvalue weighted by molar-refractivity contribution is 14.0. The van der Waals surface area contributed by atoms with Crippen molar-refractivity contribution in [1.82, 2.24) is 10.6 Å². The molecule has 2 unspecified atom stereocenters. The number of rotatable bonds is 5. The number of hydrogen-bond donors (Lipinski definition) is 2. The lowest BCUT2D eigenvalue weighted by atomic mass is 10.0. The second-order valence-corrected chi connectivity index (χ2v) is 9.80. The summed E-state index contributed by atoms with van der Waals surface area (Å²) in [6.07, 6.45) is 3.05. The fourth-order valence-electron chi connectivity index (χ4n) is 3.74. The Balaban J connectivity index is 0.00000243.